The van der Waals surface area contributed by atoms with Crippen LogP contribution in [0.3, 0.4) is 0 Å². The van der Waals surface area contributed by atoms with Crippen LogP contribution in [-0.2, 0) is 6.54 Å². The number of rotatable bonds is 2. The van der Waals surface area contributed by atoms with Crippen molar-refractivity contribution in [3.8, 4) is 0 Å². The van der Waals surface area contributed by atoms with Gasteiger partial charge in [-0.05, 0) is 50.8 Å². The van der Waals surface area contributed by atoms with Crippen molar-refractivity contribution < 1.29 is 0 Å². The molecule has 106 valence electrons. The van der Waals surface area contributed by atoms with Gasteiger partial charge < -0.3 is 4.57 Å². The molecule has 4 nitrogen and oxygen atoms in total. The van der Waals surface area contributed by atoms with E-state index in [1.54, 1.807) is 17.6 Å². The first kappa shape index (κ1) is 13.2. The van der Waals surface area contributed by atoms with Crippen molar-refractivity contribution >= 4 is 16.9 Å². The molecule has 2 aromatic heterocycles. The summed E-state index contributed by atoms with van der Waals surface area (Å²) in [6.45, 7) is 4.94. The number of hydrogen-bond acceptors (Lipinski definition) is 2. The molecule has 20 heavy (non-hydrogen) atoms. The van der Waals surface area contributed by atoms with Gasteiger partial charge in [0, 0.05) is 12.2 Å². The molecular formula is C16H22N4. The van der Waals surface area contributed by atoms with Gasteiger partial charge in [-0.1, -0.05) is 12.8 Å². The Morgan fingerprint density at radius 3 is 2.60 bits per heavy atom. The van der Waals surface area contributed by atoms with Gasteiger partial charge in [0.1, 0.15) is 11.3 Å². The molecule has 0 radical (unpaired) electrons. The third-order valence-corrected chi connectivity index (χ3v) is 4.46. The zero-order valence-electron chi connectivity index (χ0n) is 12.2. The minimum Gasteiger partial charge on any atom is -0.343 e. The number of fused-ring (bicyclic) bond motifs is 1. The molecule has 2 N–H and O–H groups in total. The maximum Gasteiger partial charge on any atom is 0.130 e. The van der Waals surface area contributed by atoms with E-state index in [1.807, 2.05) is 6.07 Å². The van der Waals surface area contributed by atoms with Crippen LogP contribution in [0, 0.1) is 23.7 Å². The van der Waals surface area contributed by atoms with E-state index in [-0.39, 0.29) is 0 Å². The predicted octanol–water partition coefficient (Wildman–Crippen LogP) is 3.27. The summed E-state index contributed by atoms with van der Waals surface area (Å²) in [5, 5.41) is 15.9. The second kappa shape index (κ2) is 4.93. The molecule has 0 saturated heterocycles. The lowest BCUT2D eigenvalue weighted by molar-refractivity contribution is 0.461. The summed E-state index contributed by atoms with van der Waals surface area (Å²) in [4.78, 5) is 0. The SMILES string of the molecule is CC(=N)n1c(=N)ccc2c1cc(C)n2CC1CCCC1. The van der Waals surface area contributed by atoms with Crippen molar-refractivity contribution in [2.45, 2.75) is 46.1 Å². The van der Waals surface area contributed by atoms with Crippen molar-refractivity contribution in [1.29, 1.82) is 10.8 Å². The standard InChI is InChI=1S/C16H22N4/c1-11-9-15-14(7-8-16(18)20(15)12(2)17)19(11)10-13-5-3-4-6-13/h7-9,13,17-18H,3-6,10H2,1-2H3. The Hall–Kier alpha value is -1.84. The van der Waals surface area contributed by atoms with Crippen LogP contribution < -0.4 is 5.49 Å². The van der Waals surface area contributed by atoms with Crippen LogP contribution in [0.4, 0.5) is 0 Å². The highest BCUT2D eigenvalue weighted by Crippen LogP contribution is 2.28. The second-order valence-corrected chi connectivity index (χ2v) is 5.96. The number of aromatic nitrogens is 2. The highest BCUT2D eigenvalue weighted by atomic mass is 15.1. The second-order valence-electron chi connectivity index (χ2n) is 5.96. The predicted molar refractivity (Wildman–Crippen MR) is 81.3 cm³/mol. The normalized spacial score (nSPS) is 16.1. The van der Waals surface area contributed by atoms with Crippen molar-refractivity contribution in [2.24, 2.45) is 5.92 Å². The average molecular weight is 270 g/mol. The first-order chi connectivity index (χ1) is 9.58. The Kier molecular flexibility index (Phi) is 3.24. The largest absolute Gasteiger partial charge is 0.343 e. The molecule has 0 bridgehead atoms. The first-order valence-corrected chi connectivity index (χ1v) is 7.40. The topological polar surface area (TPSA) is 57.6 Å². The van der Waals surface area contributed by atoms with Gasteiger partial charge in [-0.2, -0.15) is 0 Å². The van der Waals surface area contributed by atoms with Crippen LogP contribution in [0.1, 0.15) is 38.3 Å². The first-order valence-electron chi connectivity index (χ1n) is 7.40. The van der Waals surface area contributed by atoms with Gasteiger partial charge in [0.05, 0.1) is 11.0 Å². The molecule has 1 aliphatic carbocycles. The van der Waals surface area contributed by atoms with Crippen LogP contribution in [-0.4, -0.2) is 15.0 Å². The quantitative estimate of drug-likeness (QED) is 0.621. The highest BCUT2D eigenvalue weighted by Gasteiger charge is 2.18. The van der Waals surface area contributed by atoms with Gasteiger partial charge in [0.15, 0.2) is 0 Å². The molecule has 1 aliphatic rings. The molecule has 0 unspecified atom stereocenters. The van der Waals surface area contributed by atoms with Crippen LogP contribution in [0.5, 0.6) is 0 Å². The molecule has 2 heterocycles. The summed E-state index contributed by atoms with van der Waals surface area (Å²) in [7, 11) is 0. The number of nitrogens with zero attached hydrogens (tertiary/aromatic N) is 2. The number of nitrogens with one attached hydrogen (secondary N) is 2. The van der Waals surface area contributed by atoms with E-state index in [4.69, 9.17) is 10.8 Å². The van der Waals surface area contributed by atoms with E-state index >= 15 is 0 Å². The molecule has 0 amide bonds. The molecule has 0 spiro atoms. The summed E-state index contributed by atoms with van der Waals surface area (Å²) in [6.07, 6.45) is 5.39. The van der Waals surface area contributed by atoms with Gasteiger partial charge in [0.2, 0.25) is 0 Å². The lowest BCUT2D eigenvalue weighted by atomic mass is 10.1. The van der Waals surface area contributed by atoms with Crippen LogP contribution in [0.15, 0.2) is 18.2 Å². The maximum absolute atomic E-state index is 8.00. The summed E-state index contributed by atoms with van der Waals surface area (Å²) in [5.74, 6) is 1.19. The average Bonchev–Trinajstić information content (AvgIpc) is 2.98. The molecule has 0 aliphatic heterocycles. The van der Waals surface area contributed by atoms with Crippen LogP contribution >= 0.6 is 0 Å². The fraction of sp³-hybridized carbons (Fsp3) is 0.500. The van der Waals surface area contributed by atoms with Gasteiger partial charge >= 0.3 is 0 Å². The van der Waals surface area contributed by atoms with Gasteiger partial charge in [0.25, 0.3) is 0 Å². The molecule has 0 atom stereocenters. The van der Waals surface area contributed by atoms with Crippen molar-refractivity contribution in [3.63, 3.8) is 0 Å². The fourth-order valence-corrected chi connectivity index (χ4v) is 3.45. The Bertz CT molecular complexity index is 714. The Labute approximate surface area is 119 Å². The number of pyridine rings is 1. The lowest BCUT2D eigenvalue weighted by Crippen LogP contribution is -2.24. The minimum atomic E-state index is 0.378. The Morgan fingerprint density at radius 2 is 1.95 bits per heavy atom. The van der Waals surface area contributed by atoms with E-state index in [0.717, 1.165) is 23.5 Å². The van der Waals surface area contributed by atoms with E-state index in [9.17, 15) is 0 Å². The van der Waals surface area contributed by atoms with Crippen molar-refractivity contribution in [1.82, 2.24) is 9.13 Å². The van der Waals surface area contributed by atoms with E-state index < -0.39 is 0 Å². The Balaban J connectivity index is 2.13. The summed E-state index contributed by atoms with van der Waals surface area (Å²) in [6, 6.07) is 5.93. The van der Waals surface area contributed by atoms with Gasteiger partial charge in [-0.25, -0.2) is 0 Å². The molecule has 2 aromatic rings. The molecule has 3 rings (SSSR count). The molecule has 0 aromatic carbocycles. The lowest BCUT2D eigenvalue weighted by Gasteiger charge is -2.14. The molecule has 1 saturated carbocycles. The van der Waals surface area contributed by atoms with Crippen molar-refractivity contribution in [2.75, 3.05) is 0 Å². The third kappa shape index (κ3) is 2.09. The van der Waals surface area contributed by atoms with E-state index in [2.05, 4.69) is 17.6 Å². The maximum atomic E-state index is 8.00. The zero-order valence-corrected chi connectivity index (χ0v) is 12.2. The Morgan fingerprint density at radius 1 is 1.25 bits per heavy atom. The van der Waals surface area contributed by atoms with E-state index in [1.165, 1.54) is 31.4 Å². The summed E-state index contributed by atoms with van der Waals surface area (Å²) in [5.41, 5.74) is 3.74. The highest BCUT2D eigenvalue weighted by molar-refractivity contribution is 5.90. The monoisotopic (exact) mass is 270 g/mol. The zero-order chi connectivity index (χ0) is 14.3. The summed E-state index contributed by atoms with van der Waals surface area (Å²) < 4.78 is 4.08. The molecule has 1 fully saturated rings. The third-order valence-electron chi connectivity index (χ3n) is 4.46. The minimum absolute atomic E-state index is 0.378. The molecule has 4 heteroatoms. The van der Waals surface area contributed by atoms with Gasteiger partial charge in [-0.3, -0.25) is 15.4 Å². The number of aryl methyl sites for hydroxylation is 1. The number of hydrogen-bond donors (Lipinski definition) is 2. The van der Waals surface area contributed by atoms with Crippen LogP contribution in [0.25, 0.3) is 11.0 Å². The van der Waals surface area contributed by atoms with E-state index in [0.29, 0.717) is 11.3 Å². The fourth-order valence-electron chi connectivity index (χ4n) is 3.45. The molecular weight excluding hydrogens is 248 g/mol. The van der Waals surface area contributed by atoms with Crippen molar-refractivity contribution in [3.05, 3.63) is 29.4 Å². The van der Waals surface area contributed by atoms with Crippen LogP contribution in [0.2, 0.25) is 0 Å². The summed E-state index contributed by atoms with van der Waals surface area (Å²) >= 11 is 0. The smallest absolute Gasteiger partial charge is 0.130 e. The van der Waals surface area contributed by atoms with Gasteiger partial charge in [-0.15, -0.1) is 0 Å².